The van der Waals surface area contributed by atoms with Crippen LogP contribution in [-0.4, -0.2) is 35.1 Å². The third-order valence-corrected chi connectivity index (χ3v) is 4.09. The molecule has 1 aliphatic rings. The van der Waals surface area contributed by atoms with Crippen LogP contribution >= 0.6 is 11.3 Å². The van der Waals surface area contributed by atoms with E-state index in [-0.39, 0.29) is 18.6 Å². The minimum atomic E-state index is 0.0205. The van der Waals surface area contributed by atoms with Gasteiger partial charge in [-0.2, -0.15) is 0 Å². The zero-order chi connectivity index (χ0) is 11.7. The van der Waals surface area contributed by atoms with Gasteiger partial charge in [-0.3, -0.25) is 4.79 Å². The number of hydrogen-bond donors (Lipinski definition) is 1. The summed E-state index contributed by atoms with van der Waals surface area (Å²) in [6.07, 6.45) is 1.92. The van der Waals surface area contributed by atoms with Crippen LogP contribution in [-0.2, 0) is 0 Å². The third-order valence-electron chi connectivity index (χ3n) is 3.12. The summed E-state index contributed by atoms with van der Waals surface area (Å²) in [4.78, 5) is 16.3. The summed E-state index contributed by atoms with van der Waals surface area (Å²) >= 11 is 1.66. The van der Waals surface area contributed by atoms with Crippen molar-refractivity contribution in [3.05, 3.63) is 21.4 Å². The number of aliphatic hydroxyl groups excluding tert-OH is 1. The molecule has 1 aliphatic heterocycles. The topological polar surface area (TPSA) is 40.5 Å². The summed E-state index contributed by atoms with van der Waals surface area (Å²) in [5.41, 5.74) is 0.808. The van der Waals surface area contributed by atoms with Crippen molar-refractivity contribution in [3.8, 4) is 0 Å². The van der Waals surface area contributed by atoms with E-state index in [2.05, 4.69) is 0 Å². The van der Waals surface area contributed by atoms with Crippen LogP contribution in [0.2, 0.25) is 0 Å². The highest BCUT2D eigenvalue weighted by molar-refractivity contribution is 7.12. The number of hydrogen-bond acceptors (Lipinski definition) is 3. The molecule has 1 aromatic rings. The molecule has 4 heteroatoms. The number of aryl methyl sites for hydroxylation is 2. The molecule has 0 saturated carbocycles. The van der Waals surface area contributed by atoms with Crippen molar-refractivity contribution in [2.24, 2.45) is 0 Å². The number of aliphatic hydroxyl groups is 1. The molecule has 0 unspecified atom stereocenters. The van der Waals surface area contributed by atoms with Crippen molar-refractivity contribution in [3.63, 3.8) is 0 Å². The van der Waals surface area contributed by atoms with Crippen molar-refractivity contribution in [2.45, 2.75) is 32.7 Å². The van der Waals surface area contributed by atoms with Gasteiger partial charge in [0.05, 0.1) is 18.2 Å². The molecule has 1 aromatic heterocycles. The second-order valence-electron chi connectivity index (χ2n) is 4.30. The summed E-state index contributed by atoms with van der Waals surface area (Å²) in [6, 6.07) is 1.97. The maximum Gasteiger partial charge on any atom is 0.255 e. The Morgan fingerprint density at radius 2 is 2.38 bits per heavy atom. The molecule has 0 aromatic carbocycles. The van der Waals surface area contributed by atoms with E-state index in [4.69, 9.17) is 0 Å². The first kappa shape index (κ1) is 11.6. The SMILES string of the molecule is Cc1cc(C(=O)N2CCC[C@@H]2CO)c(C)s1. The Bertz CT molecular complexity index is 400. The van der Waals surface area contributed by atoms with Crippen LogP contribution in [0.5, 0.6) is 0 Å². The zero-order valence-electron chi connectivity index (χ0n) is 9.69. The van der Waals surface area contributed by atoms with Gasteiger partial charge < -0.3 is 10.0 Å². The van der Waals surface area contributed by atoms with Crippen LogP contribution in [0.1, 0.15) is 33.0 Å². The van der Waals surface area contributed by atoms with Gasteiger partial charge >= 0.3 is 0 Å². The van der Waals surface area contributed by atoms with Gasteiger partial charge in [-0.1, -0.05) is 0 Å². The predicted molar refractivity (Wildman–Crippen MR) is 64.9 cm³/mol. The summed E-state index contributed by atoms with van der Waals surface area (Å²) < 4.78 is 0. The zero-order valence-corrected chi connectivity index (χ0v) is 10.5. The standard InChI is InChI=1S/C12H17NO2S/c1-8-6-11(9(2)16-8)12(15)13-5-3-4-10(13)7-14/h6,10,14H,3-5,7H2,1-2H3/t10-/m1/s1. The first-order valence-corrected chi connectivity index (χ1v) is 6.44. The molecule has 1 atom stereocenters. The number of thiophene rings is 1. The fourth-order valence-electron chi connectivity index (χ4n) is 2.29. The Balaban J connectivity index is 2.21. The van der Waals surface area contributed by atoms with E-state index < -0.39 is 0 Å². The average Bonchev–Trinajstić information content (AvgIpc) is 2.83. The monoisotopic (exact) mass is 239 g/mol. The highest BCUT2D eigenvalue weighted by atomic mass is 32.1. The predicted octanol–water partition coefficient (Wildman–Crippen LogP) is 1.96. The molecule has 3 nitrogen and oxygen atoms in total. The van der Waals surface area contributed by atoms with Gasteiger partial charge in [0.15, 0.2) is 0 Å². The molecule has 88 valence electrons. The molecule has 16 heavy (non-hydrogen) atoms. The van der Waals surface area contributed by atoms with Crippen LogP contribution in [0.15, 0.2) is 6.07 Å². The van der Waals surface area contributed by atoms with E-state index >= 15 is 0 Å². The molecule has 1 saturated heterocycles. The average molecular weight is 239 g/mol. The maximum atomic E-state index is 12.3. The molecule has 2 heterocycles. The number of carbonyl (C=O) groups excluding carboxylic acids is 1. The highest BCUT2D eigenvalue weighted by Gasteiger charge is 2.29. The summed E-state index contributed by atoms with van der Waals surface area (Å²) in [7, 11) is 0. The lowest BCUT2D eigenvalue weighted by atomic mass is 10.2. The van der Waals surface area contributed by atoms with E-state index in [9.17, 15) is 9.90 Å². The molecule has 2 rings (SSSR count). The molecule has 1 fully saturated rings. The van der Waals surface area contributed by atoms with E-state index in [1.54, 1.807) is 11.3 Å². The Morgan fingerprint density at radius 3 is 2.94 bits per heavy atom. The molecule has 1 amide bonds. The molecular weight excluding hydrogens is 222 g/mol. The first-order valence-electron chi connectivity index (χ1n) is 5.62. The Kier molecular flexibility index (Phi) is 3.30. The number of carbonyl (C=O) groups is 1. The van der Waals surface area contributed by atoms with Crippen LogP contribution in [0.3, 0.4) is 0 Å². The maximum absolute atomic E-state index is 12.3. The van der Waals surface area contributed by atoms with Crippen molar-refractivity contribution in [1.82, 2.24) is 4.90 Å². The second-order valence-corrected chi connectivity index (χ2v) is 5.76. The molecule has 0 radical (unpaired) electrons. The van der Waals surface area contributed by atoms with Crippen molar-refractivity contribution >= 4 is 17.2 Å². The first-order chi connectivity index (χ1) is 7.63. The van der Waals surface area contributed by atoms with E-state index in [1.807, 2.05) is 24.8 Å². The largest absolute Gasteiger partial charge is 0.394 e. The number of likely N-dealkylation sites (tertiary alicyclic amines) is 1. The summed E-state index contributed by atoms with van der Waals surface area (Å²) in [6.45, 7) is 4.85. The van der Waals surface area contributed by atoms with Crippen LogP contribution in [0.4, 0.5) is 0 Å². The minimum absolute atomic E-state index is 0.0205. The molecule has 1 N–H and O–H groups in total. The third kappa shape index (κ3) is 1.99. The number of amides is 1. The van der Waals surface area contributed by atoms with E-state index in [1.165, 1.54) is 4.88 Å². The van der Waals surface area contributed by atoms with Crippen LogP contribution in [0.25, 0.3) is 0 Å². The van der Waals surface area contributed by atoms with Crippen molar-refractivity contribution in [1.29, 1.82) is 0 Å². The fourth-order valence-corrected chi connectivity index (χ4v) is 3.21. The van der Waals surface area contributed by atoms with Gasteiger partial charge in [0.2, 0.25) is 0 Å². The Labute approximate surface area is 99.7 Å². The Morgan fingerprint density at radius 1 is 1.62 bits per heavy atom. The fraction of sp³-hybridized carbons (Fsp3) is 0.583. The number of nitrogens with zero attached hydrogens (tertiary/aromatic N) is 1. The van der Waals surface area contributed by atoms with Crippen LogP contribution < -0.4 is 0 Å². The molecule has 0 bridgehead atoms. The van der Waals surface area contributed by atoms with Gasteiger partial charge in [-0.15, -0.1) is 11.3 Å². The lowest BCUT2D eigenvalue weighted by Gasteiger charge is -2.22. The van der Waals surface area contributed by atoms with E-state index in [0.717, 1.165) is 29.8 Å². The van der Waals surface area contributed by atoms with E-state index in [0.29, 0.717) is 0 Å². The van der Waals surface area contributed by atoms with Gasteiger partial charge in [0, 0.05) is 16.3 Å². The van der Waals surface area contributed by atoms with Crippen molar-refractivity contribution in [2.75, 3.05) is 13.2 Å². The lowest BCUT2D eigenvalue weighted by Crippen LogP contribution is -2.37. The minimum Gasteiger partial charge on any atom is -0.394 e. The van der Waals surface area contributed by atoms with Gasteiger partial charge in [0.25, 0.3) is 5.91 Å². The normalized spacial score (nSPS) is 20.4. The van der Waals surface area contributed by atoms with Crippen molar-refractivity contribution < 1.29 is 9.90 Å². The molecular formula is C12H17NO2S. The smallest absolute Gasteiger partial charge is 0.255 e. The molecule has 0 spiro atoms. The number of rotatable bonds is 2. The molecule has 0 aliphatic carbocycles. The Hall–Kier alpha value is -0.870. The van der Waals surface area contributed by atoms with Gasteiger partial charge in [-0.05, 0) is 32.8 Å². The van der Waals surface area contributed by atoms with Gasteiger partial charge in [-0.25, -0.2) is 0 Å². The van der Waals surface area contributed by atoms with Crippen LogP contribution in [0, 0.1) is 13.8 Å². The quantitative estimate of drug-likeness (QED) is 0.857. The van der Waals surface area contributed by atoms with Gasteiger partial charge in [0.1, 0.15) is 0 Å². The second kappa shape index (κ2) is 4.55. The summed E-state index contributed by atoms with van der Waals surface area (Å²) in [5.74, 6) is 0.0819. The summed E-state index contributed by atoms with van der Waals surface area (Å²) in [5, 5.41) is 9.22. The lowest BCUT2D eigenvalue weighted by molar-refractivity contribution is 0.0677. The highest BCUT2D eigenvalue weighted by Crippen LogP contribution is 2.25.